The molecule has 6 nitrogen and oxygen atoms in total. The second-order valence-electron chi connectivity index (χ2n) is 4.81. The zero-order chi connectivity index (χ0) is 16.1. The monoisotopic (exact) mass is 326 g/mol. The van der Waals surface area contributed by atoms with Gasteiger partial charge in [0.25, 0.3) is 0 Å². The maximum absolute atomic E-state index is 12.1. The number of nitrogens with one attached hydrogen (secondary N) is 1. The van der Waals surface area contributed by atoms with Crippen molar-refractivity contribution in [3.8, 4) is 11.3 Å². The molecule has 3 aromatic heterocycles. The molecule has 0 aliphatic carbocycles. The summed E-state index contributed by atoms with van der Waals surface area (Å²) in [5.41, 5.74) is 2.47. The molecule has 0 atom stereocenters. The molecule has 0 unspecified atom stereocenters. The van der Waals surface area contributed by atoms with Gasteiger partial charge in [-0.1, -0.05) is 6.07 Å². The minimum absolute atomic E-state index is 0.139. The standard InChI is InChI=1S/C16H14N4O2S/c21-23(22,15-4-2-8-18-12-15)20-10-13-5-6-16(19-9-13)14-3-1-7-17-11-14/h1-9,11-12,20H,10H2. The summed E-state index contributed by atoms with van der Waals surface area (Å²) in [5.74, 6) is 0. The first-order valence-electron chi connectivity index (χ1n) is 6.90. The van der Waals surface area contributed by atoms with E-state index in [1.807, 2.05) is 24.3 Å². The molecule has 0 saturated carbocycles. The van der Waals surface area contributed by atoms with Crippen molar-refractivity contribution in [2.24, 2.45) is 0 Å². The SMILES string of the molecule is O=S(=O)(NCc1ccc(-c2cccnc2)nc1)c1cccnc1. The zero-order valence-corrected chi connectivity index (χ0v) is 12.9. The van der Waals surface area contributed by atoms with Crippen molar-refractivity contribution < 1.29 is 8.42 Å². The van der Waals surface area contributed by atoms with Gasteiger partial charge >= 0.3 is 0 Å². The molecule has 0 saturated heterocycles. The Hall–Kier alpha value is -2.64. The van der Waals surface area contributed by atoms with Crippen LogP contribution in [0, 0.1) is 0 Å². The summed E-state index contributed by atoms with van der Waals surface area (Å²) in [4.78, 5) is 12.3. The molecular formula is C16H14N4O2S. The number of sulfonamides is 1. The van der Waals surface area contributed by atoms with Gasteiger partial charge in [0.1, 0.15) is 4.90 Å². The van der Waals surface area contributed by atoms with E-state index in [2.05, 4.69) is 19.7 Å². The van der Waals surface area contributed by atoms with E-state index in [4.69, 9.17) is 0 Å². The first kappa shape index (κ1) is 15.3. The van der Waals surface area contributed by atoms with E-state index in [9.17, 15) is 8.42 Å². The largest absolute Gasteiger partial charge is 0.264 e. The number of hydrogen-bond acceptors (Lipinski definition) is 5. The van der Waals surface area contributed by atoms with E-state index in [0.29, 0.717) is 0 Å². The van der Waals surface area contributed by atoms with Crippen molar-refractivity contribution in [2.45, 2.75) is 11.4 Å². The average Bonchev–Trinajstić information content (AvgIpc) is 2.62. The Labute approximate surface area is 134 Å². The van der Waals surface area contributed by atoms with E-state index in [1.54, 1.807) is 24.7 Å². The Morgan fingerprint density at radius 2 is 1.70 bits per heavy atom. The molecule has 0 aliphatic rings. The van der Waals surface area contributed by atoms with Crippen molar-refractivity contribution in [1.82, 2.24) is 19.7 Å². The predicted octanol–water partition coefficient (Wildman–Crippen LogP) is 2.02. The molecular weight excluding hydrogens is 312 g/mol. The van der Waals surface area contributed by atoms with Crippen LogP contribution in [-0.4, -0.2) is 23.4 Å². The van der Waals surface area contributed by atoms with Gasteiger partial charge in [0.15, 0.2) is 0 Å². The van der Waals surface area contributed by atoms with Crippen molar-refractivity contribution in [1.29, 1.82) is 0 Å². The summed E-state index contributed by atoms with van der Waals surface area (Å²) in [7, 11) is -3.57. The Morgan fingerprint density at radius 3 is 2.30 bits per heavy atom. The highest BCUT2D eigenvalue weighted by Crippen LogP contribution is 2.15. The quantitative estimate of drug-likeness (QED) is 0.775. The van der Waals surface area contributed by atoms with Crippen LogP contribution >= 0.6 is 0 Å². The van der Waals surface area contributed by atoms with E-state index in [1.165, 1.54) is 18.5 Å². The lowest BCUT2D eigenvalue weighted by Gasteiger charge is -2.07. The van der Waals surface area contributed by atoms with Crippen LogP contribution < -0.4 is 4.72 Å². The predicted molar refractivity (Wildman–Crippen MR) is 85.7 cm³/mol. The molecule has 23 heavy (non-hydrogen) atoms. The number of aromatic nitrogens is 3. The molecule has 0 amide bonds. The van der Waals surface area contributed by atoms with Crippen LogP contribution in [0.15, 0.2) is 72.3 Å². The Balaban J connectivity index is 1.70. The summed E-state index contributed by atoms with van der Waals surface area (Å²) in [6.07, 6.45) is 7.92. The minimum atomic E-state index is -3.57. The molecule has 0 spiro atoms. The lowest BCUT2D eigenvalue weighted by Crippen LogP contribution is -2.23. The Bertz CT molecular complexity index is 867. The number of pyridine rings is 3. The van der Waals surface area contributed by atoms with Crippen LogP contribution in [0.5, 0.6) is 0 Å². The van der Waals surface area contributed by atoms with Crippen molar-refractivity contribution in [3.63, 3.8) is 0 Å². The van der Waals surface area contributed by atoms with Crippen LogP contribution in [0.4, 0.5) is 0 Å². The molecule has 0 bridgehead atoms. The van der Waals surface area contributed by atoms with Crippen LogP contribution in [0.3, 0.4) is 0 Å². The third-order valence-electron chi connectivity index (χ3n) is 3.19. The second-order valence-corrected chi connectivity index (χ2v) is 6.57. The molecule has 3 heterocycles. The van der Waals surface area contributed by atoms with Crippen LogP contribution in [0.25, 0.3) is 11.3 Å². The third-order valence-corrected chi connectivity index (χ3v) is 4.58. The lowest BCUT2D eigenvalue weighted by molar-refractivity contribution is 0.581. The van der Waals surface area contributed by atoms with Gasteiger partial charge in [-0.2, -0.15) is 0 Å². The maximum Gasteiger partial charge on any atom is 0.242 e. The smallest absolute Gasteiger partial charge is 0.242 e. The maximum atomic E-state index is 12.1. The molecule has 0 aromatic carbocycles. The van der Waals surface area contributed by atoms with Crippen molar-refractivity contribution in [2.75, 3.05) is 0 Å². The molecule has 3 aromatic rings. The van der Waals surface area contributed by atoms with E-state index < -0.39 is 10.0 Å². The fraction of sp³-hybridized carbons (Fsp3) is 0.0625. The number of nitrogens with zero attached hydrogens (tertiary/aromatic N) is 3. The van der Waals surface area contributed by atoms with Crippen molar-refractivity contribution in [3.05, 3.63) is 72.9 Å². The first-order valence-corrected chi connectivity index (χ1v) is 8.38. The van der Waals surface area contributed by atoms with Gasteiger partial charge in [-0.3, -0.25) is 15.0 Å². The molecule has 116 valence electrons. The van der Waals surface area contributed by atoms with Gasteiger partial charge in [-0.05, 0) is 35.9 Å². The highest BCUT2D eigenvalue weighted by molar-refractivity contribution is 7.89. The van der Waals surface area contributed by atoms with E-state index in [0.717, 1.165) is 16.8 Å². The van der Waals surface area contributed by atoms with Crippen LogP contribution in [0.2, 0.25) is 0 Å². The second kappa shape index (κ2) is 6.64. The molecule has 7 heteroatoms. The fourth-order valence-corrected chi connectivity index (χ4v) is 2.96. The van der Waals surface area contributed by atoms with Gasteiger partial charge < -0.3 is 0 Å². The summed E-state index contributed by atoms with van der Waals surface area (Å²) in [6, 6.07) is 10.5. The summed E-state index contributed by atoms with van der Waals surface area (Å²) in [6.45, 7) is 0.164. The van der Waals surface area contributed by atoms with Gasteiger partial charge in [0, 0.05) is 43.1 Å². The van der Waals surface area contributed by atoms with Gasteiger partial charge in [0.2, 0.25) is 10.0 Å². The summed E-state index contributed by atoms with van der Waals surface area (Å²) >= 11 is 0. The van der Waals surface area contributed by atoms with Gasteiger partial charge in [0.05, 0.1) is 5.69 Å². The van der Waals surface area contributed by atoms with E-state index in [-0.39, 0.29) is 11.4 Å². The highest BCUT2D eigenvalue weighted by atomic mass is 32.2. The third kappa shape index (κ3) is 3.77. The lowest BCUT2D eigenvalue weighted by atomic mass is 10.1. The zero-order valence-electron chi connectivity index (χ0n) is 12.1. The Morgan fingerprint density at radius 1 is 0.913 bits per heavy atom. The molecule has 1 N–H and O–H groups in total. The summed E-state index contributed by atoms with van der Waals surface area (Å²) in [5, 5.41) is 0. The van der Waals surface area contributed by atoms with E-state index >= 15 is 0 Å². The van der Waals surface area contributed by atoms with Crippen molar-refractivity contribution >= 4 is 10.0 Å². The number of hydrogen-bond donors (Lipinski definition) is 1. The topological polar surface area (TPSA) is 84.8 Å². The Kier molecular flexibility index (Phi) is 4.40. The molecule has 0 fully saturated rings. The van der Waals surface area contributed by atoms with Crippen LogP contribution in [-0.2, 0) is 16.6 Å². The minimum Gasteiger partial charge on any atom is -0.264 e. The van der Waals surface area contributed by atoms with Gasteiger partial charge in [-0.25, -0.2) is 13.1 Å². The first-order chi connectivity index (χ1) is 11.1. The molecule has 0 aliphatic heterocycles. The fourth-order valence-electron chi connectivity index (χ4n) is 1.98. The average molecular weight is 326 g/mol. The molecule has 3 rings (SSSR count). The number of rotatable bonds is 5. The summed E-state index contributed by atoms with van der Waals surface area (Å²) < 4.78 is 26.8. The normalized spacial score (nSPS) is 11.3. The van der Waals surface area contributed by atoms with Crippen LogP contribution in [0.1, 0.15) is 5.56 Å². The van der Waals surface area contributed by atoms with Gasteiger partial charge in [-0.15, -0.1) is 0 Å². The highest BCUT2D eigenvalue weighted by Gasteiger charge is 2.13. The molecule has 0 radical (unpaired) electrons.